The van der Waals surface area contributed by atoms with E-state index in [1.807, 2.05) is 52.0 Å². The zero-order valence-corrected chi connectivity index (χ0v) is 26.1. The van der Waals surface area contributed by atoms with Crippen LogP contribution in [0.25, 0.3) is 24.3 Å². The molecule has 0 spiro atoms. The summed E-state index contributed by atoms with van der Waals surface area (Å²) in [6.45, 7) is 7.67. The fourth-order valence-corrected chi connectivity index (χ4v) is 6.07. The van der Waals surface area contributed by atoms with Gasteiger partial charge in [0, 0.05) is 68.1 Å². The maximum absolute atomic E-state index is 12.1. The Hall–Kier alpha value is -4.54. The van der Waals surface area contributed by atoms with Crippen LogP contribution in [0, 0.1) is 27.7 Å². The van der Waals surface area contributed by atoms with E-state index in [1.54, 1.807) is 0 Å². The van der Waals surface area contributed by atoms with Crippen LogP contribution in [-0.2, 0) is 45.1 Å². The summed E-state index contributed by atoms with van der Waals surface area (Å²) < 4.78 is 9.86. The number of hydrogen-bond acceptors (Lipinski definition) is 6. The van der Waals surface area contributed by atoms with Crippen LogP contribution >= 0.6 is 0 Å². The molecule has 5 rings (SSSR count). The Morgan fingerprint density at radius 3 is 1.50 bits per heavy atom. The summed E-state index contributed by atoms with van der Waals surface area (Å²) in [6, 6.07) is 0. The number of hydrogen-bond donors (Lipinski definition) is 6. The molecule has 0 fully saturated rings. The van der Waals surface area contributed by atoms with Crippen LogP contribution in [0.3, 0.4) is 0 Å². The number of aromatic nitrogens is 4. The number of nitrogens with one attached hydrogen (secondary N) is 4. The number of rotatable bonds is 8. The van der Waals surface area contributed by atoms with Gasteiger partial charge in [-0.25, -0.2) is 0 Å². The number of ether oxygens (including phenoxy) is 2. The zero-order valence-electron chi connectivity index (χ0n) is 26.1. The predicted molar refractivity (Wildman–Crippen MR) is 167 cm³/mol. The number of fused-ring (bicyclic) bond motifs is 8. The lowest BCUT2D eigenvalue weighted by Gasteiger charge is -2.03. The first-order valence-corrected chi connectivity index (χ1v) is 14.7. The summed E-state index contributed by atoms with van der Waals surface area (Å²) >= 11 is 0. The SMILES string of the molecule is COC(=O)CCc1c2[nH]c(c1C)C=c1[nH]c(c(C)c1CO)=Cc1[nH]c(c(C)c1CO)C=c1[nH]c(c(CCC(=O)OC)c1C)=C2. The third-order valence-electron chi connectivity index (χ3n) is 8.89. The maximum atomic E-state index is 12.1. The molecule has 0 unspecified atom stereocenters. The fourth-order valence-electron chi connectivity index (χ4n) is 6.07. The number of aromatic amines is 4. The van der Waals surface area contributed by atoms with Crippen molar-refractivity contribution < 1.29 is 29.3 Å². The third kappa shape index (κ3) is 5.70. The van der Waals surface area contributed by atoms with Crippen LogP contribution in [0.5, 0.6) is 0 Å². The first kappa shape index (κ1) is 30.9. The molecule has 10 heteroatoms. The van der Waals surface area contributed by atoms with E-state index in [9.17, 15) is 19.8 Å². The third-order valence-corrected chi connectivity index (χ3v) is 8.89. The van der Waals surface area contributed by atoms with E-state index in [0.29, 0.717) is 12.8 Å². The molecule has 0 aromatic carbocycles. The highest BCUT2D eigenvalue weighted by Crippen LogP contribution is 2.23. The average Bonchev–Trinajstić information content (AvgIpc) is 3.67. The number of carbonyl (C=O) groups excluding carboxylic acids is 2. The molecule has 0 radical (unpaired) electrons. The number of methoxy groups -OCH3 is 2. The molecule has 0 aliphatic carbocycles. The second kappa shape index (κ2) is 12.6. The van der Waals surface area contributed by atoms with Crippen molar-refractivity contribution in [1.29, 1.82) is 0 Å². The minimum absolute atomic E-state index is 0.140. The first-order chi connectivity index (χ1) is 21.1. The van der Waals surface area contributed by atoms with E-state index < -0.39 is 0 Å². The Balaban J connectivity index is 1.87. The summed E-state index contributed by atoms with van der Waals surface area (Å²) in [6.07, 6.45) is 9.37. The lowest BCUT2D eigenvalue weighted by molar-refractivity contribution is -0.141. The molecular formula is C34H40N4O6. The largest absolute Gasteiger partial charge is 0.469 e. The van der Waals surface area contributed by atoms with Gasteiger partial charge >= 0.3 is 11.9 Å². The molecule has 44 heavy (non-hydrogen) atoms. The van der Waals surface area contributed by atoms with Crippen molar-refractivity contribution in [2.24, 2.45) is 0 Å². The molecule has 10 nitrogen and oxygen atoms in total. The van der Waals surface area contributed by atoms with Crippen LogP contribution in [-0.4, -0.2) is 56.3 Å². The lowest BCUT2D eigenvalue weighted by atomic mass is 10.0. The van der Waals surface area contributed by atoms with Crippen molar-refractivity contribution in [2.75, 3.05) is 14.2 Å². The monoisotopic (exact) mass is 600 g/mol. The van der Waals surface area contributed by atoms with Crippen LogP contribution < -0.4 is 21.4 Å². The highest BCUT2D eigenvalue weighted by Gasteiger charge is 2.18. The van der Waals surface area contributed by atoms with Gasteiger partial charge in [0.15, 0.2) is 0 Å². The van der Waals surface area contributed by atoms with E-state index in [0.717, 1.165) is 88.7 Å². The highest BCUT2D eigenvalue weighted by molar-refractivity contribution is 5.71. The molecular weight excluding hydrogens is 560 g/mol. The van der Waals surface area contributed by atoms with E-state index in [1.165, 1.54) is 14.2 Å². The Bertz CT molecular complexity index is 2000. The molecule has 1 aliphatic heterocycles. The number of H-pyrrole nitrogens is 4. The fraction of sp³-hybridized carbons (Fsp3) is 0.353. The van der Waals surface area contributed by atoms with Crippen molar-refractivity contribution in [3.8, 4) is 0 Å². The van der Waals surface area contributed by atoms with Crippen molar-refractivity contribution in [3.05, 3.63) is 88.7 Å². The normalized spacial score (nSPS) is 12.2. The summed E-state index contributed by atoms with van der Waals surface area (Å²) in [5.41, 5.74) is 10.6. The molecule has 232 valence electrons. The lowest BCUT2D eigenvalue weighted by Crippen LogP contribution is -2.14. The molecule has 5 heterocycles. The van der Waals surface area contributed by atoms with Gasteiger partial charge in [0.1, 0.15) is 0 Å². The molecule has 4 aromatic rings. The number of aliphatic hydroxyl groups excluding tert-OH is 2. The second-order valence-corrected chi connectivity index (χ2v) is 11.3. The van der Waals surface area contributed by atoms with Gasteiger partial charge in [-0.15, -0.1) is 0 Å². The molecule has 0 amide bonds. The van der Waals surface area contributed by atoms with Crippen LogP contribution in [0.1, 0.15) is 80.1 Å². The number of carbonyl (C=O) groups is 2. The van der Waals surface area contributed by atoms with E-state index in [2.05, 4.69) is 19.9 Å². The van der Waals surface area contributed by atoms with Gasteiger partial charge in [0.25, 0.3) is 0 Å². The second-order valence-electron chi connectivity index (χ2n) is 11.3. The van der Waals surface area contributed by atoms with Crippen molar-refractivity contribution in [3.63, 3.8) is 0 Å². The van der Waals surface area contributed by atoms with Crippen LogP contribution in [0.2, 0.25) is 0 Å². The van der Waals surface area contributed by atoms with E-state index >= 15 is 0 Å². The van der Waals surface area contributed by atoms with E-state index in [4.69, 9.17) is 9.47 Å². The predicted octanol–water partition coefficient (Wildman–Crippen LogP) is 1.06. The van der Waals surface area contributed by atoms with Gasteiger partial charge in [-0.3, -0.25) is 9.59 Å². The molecule has 0 saturated carbocycles. The maximum Gasteiger partial charge on any atom is 0.305 e. The minimum atomic E-state index is -0.294. The van der Waals surface area contributed by atoms with Crippen molar-refractivity contribution in [2.45, 2.75) is 66.6 Å². The van der Waals surface area contributed by atoms with Crippen LogP contribution in [0.15, 0.2) is 0 Å². The molecule has 4 aromatic heterocycles. The molecule has 0 saturated heterocycles. The van der Waals surface area contributed by atoms with Gasteiger partial charge < -0.3 is 39.6 Å². The molecule has 1 aliphatic rings. The van der Waals surface area contributed by atoms with Gasteiger partial charge in [0.2, 0.25) is 0 Å². The zero-order chi connectivity index (χ0) is 31.7. The van der Waals surface area contributed by atoms with E-state index in [-0.39, 0.29) is 38.0 Å². The van der Waals surface area contributed by atoms with Crippen molar-refractivity contribution >= 4 is 36.2 Å². The smallest absolute Gasteiger partial charge is 0.305 e. The number of esters is 2. The Morgan fingerprint density at radius 2 is 0.955 bits per heavy atom. The minimum Gasteiger partial charge on any atom is -0.469 e. The molecule has 8 bridgehead atoms. The highest BCUT2D eigenvalue weighted by atomic mass is 16.5. The molecule has 0 atom stereocenters. The standard InChI is InChI=1S/C34H40N4O6/c1-17-21(7-9-33(41)43-5)29-14-30-22(8-10-34(42)44-6)18(2)27(36-30)12-31-24(16-40)20(4)28(38-31)13-32-23(15-39)19(3)26(37-32)11-25(17)35-29/h11-14,35-40H,7-10,15-16H2,1-6H3. The summed E-state index contributed by atoms with van der Waals surface area (Å²) in [5.74, 6) is -0.586. The summed E-state index contributed by atoms with van der Waals surface area (Å²) in [7, 11) is 2.77. The van der Waals surface area contributed by atoms with Crippen LogP contribution in [0.4, 0.5) is 0 Å². The Kier molecular flexibility index (Phi) is 8.85. The van der Waals surface area contributed by atoms with Crippen molar-refractivity contribution in [1.82, 2.24) is 19.9 Å². The quantitative estimate of drug-likeness (QED) is 0.146. The Labute approximate surface area is 254 Å². The molecule has 6 N–H and O–H groups in total. The average molecular weight is 601 g/mol. The first-order valence-electron chi connectivity index (χ1n) is 14.7. The van der Waals surface area contributed by atoms with Gasteiger partial charge in [-0.2, -0.15) is 0 Å². The summed E-state index contributed by atoms with van der Waals surface area (Å²) in [5, 5.41) is 23.9. The van der Waals surface area contributed by atoms with Gasteiger partial charge in [-0.05, 0) is 98.2 Å². The van der Waals surface area contributed by atoms with Gasteiger partial charge in [0.05, 0.1) is 27.4 Å². The number of aliphatic hydroxyl groups is 2. The Morgan fingerprint density at radius 1 is 0.545 bits per heavy atom. The summed E-state index contributed by atoms with van der Waals surface area (Å²) in [4.78, 5) is 38.4. The topological polar surface area (TPSA) is 156 Å². The van der Waals surface area contributed by atoms with Gasteiger partial charge in [-0.1, -0.05) is 0 Å².